The third kappa shape index (κ3) is 1.92. The number of hydrogen-bond donors (Lipinski definition) is 2. The minimum atomic E-state index is -0.115. The second kappa shape index (κ2) is 3.86. The van der Waals surface area contributed by atoms with E-state index in [4.69, 9.17) is 4.42 Å². The lowest BCUT2D eigenvalue weighted by molar-refractivity contribution is -0.120. The number of nitrogens with zero attached hydrogens (tertiary/aromatic N) is 2. The Hall–Kier alpha value is -1.43. The molecule has 1 saturated carbocycles. The highest BCUT2D eigenvalue weighted by Gasteiger charge is 2.29. The van der Waals surface area contributed by atoms with Gasteiger partial charge in [-0.25, -0.2) is 0 Å². The number of aromatic nitrogens is 2. The van der Waals surface area contributed by atoms with Gasteiger partial charge < -0.3 is 9.73 Å². The third-order valence-electron chi connectivity index (χ3n) is 2.96. The lowest BCUT2D eigenvalue weighted by Crippen LogP contribution is -2.35. The zero-order chi connectivity index (χ0) is 11.0. The topological polar surface area (TPSA) is 80.0 Å². The number of amides is 1. The van der Waals surface area contributed by atoms with Gasteiger partial charge in [-0.05, 0) is 19.3 Å². The summed E-state index contributed by atoms with van der Waals surface area (Å²) in [6.07, 6.45) is 3.13. The first-order chi connectivity index (χ1) is 7.83. The predicted molar refractivity (Wildman–Crippen MR) is 54.5 cm³/mol. The molecule has 2 N–H and O–H groups in total. The average molecular weight is 222 g/mol. The molecule has 2 heterocycles. The van der Waals surface area contributed by atoms with Crippen LogP contribution in [0.4, 0.5) is 0 Å². The van der Waals surface area contributed by atoms with Crippen molar-refractivity contribution < 1.29 is 9.21 Å². The van der Waals surface area contributed by atoms with E-state index in [0.717, 1.165) is 31.7 Å². The Bertz CT molecular complexity index is 399. The van der Waals surface area contributed by atoms with Gasteiger partial charge in [0.05, 0.1) is 12.6 Å². The van der Waals surface area contributed by atoms with Crippen molar-refractivity contribution in [1.82, 2.24) is 20.8 Å². The van der Waals surface area contributed by atoms with E-state index in [1.54, 1.807) is 0 Å². The van der Waals surface area contributed by atoms with Crippen molar-refractivity contribution in [3.05, 3.63) is 11.8 Å². The molecule has 1 amide bonds. The molecule has 1 atom stereocenters. The summed E-state index contributed by atoms with van der Waals surface area (Å²) < 4.78 is 5.49. The van der Waals surface area contributed by atoms with Crippen molar-refractivity contribution in [1.29, 1.82) is 0 Å². The summed E-state index contributed by atoms with van der Waals surface area (Å²) >= 11 is 0. The Morgan fingerprint density at radius 3 is 2.94 bits per heavy atom. The van der Waals surface area contributed by atoms with E-state index in [1.165, 1.54) is 0 Å². The molecular weight excluding hydrogens is 208 g/mol. The Morgan fingerprint density at radius 1 is 1.38 bits per heavy atom. The molecule has 0 aromatic carbocycles. The van der Waals surface area contributed by atoms with Crippen LogP contribution in [0.5, 0.6) is 0 Å². The number of hydrogen-bond acceptors (Lipinski definition) is 5. The predicted octanol–water partition coefficient (Wildman–Crippen LogP) is -0.0749. The van der Waals surface area contributed by atoms with Crippen molar-refractivity contribution in [2.75, 3.05) is 6.54 Å². The number of carbonyl (C=O) groups is 1. The summed E-state index contributed by atoms with van der Waals surface area (Å²) in [6, 6.07) is -0.115. The molecule has 1 aromatic rings. The SMILES string of the molecule is O=C1NCCC1NCc1nnc(C2CC2)o1. The van der Waals surface area contributed by atoms with Gasteiger partial charge in [-0.1, -0.05) is 0 Å². The van der Waals surface area contributed by atoms with Crippen LogP contribution in [-0.2, 0) is 11.3 Å². The van der Waals surface area contributed by atoms with Crippen LogP contribution in [-0.4, -0.2) is 28.7 Å². The monoisotopic (exact) mass is 222 g/mol. The van der Waals surface area contributed by atoms with Gasteiger partial charge in [0.2, 0.25) is 17.7 Å². The number of rotatable bonds is 4. The largest absolute Gasteiger partial charge is 0.424 e. The summed E-state index contributed by atoms with van der Waals surface area (Å²) in [5.74, 6) is 1.85. The Labute approximate surface area is 92.8 Å². The normalized spacial score (nSPS) is 24.8. The summed E-state index contributed by atoms with van der Waals surface area (Å²) in [5, 5.41) is 13.8. The van der Waals surface area contributed by atoms with Crippen LogP contribution >= 0.6 is 0 Å². The van der Waals surface area contributed by atoms with E-state index in [1.807, 2.05) is 0 Å². The van der Waals surface area contributed by atoms with Crippen molar-refractivity contribution >= 4 is 5.91 Å². The van der Waals surface area contributed by atoms with Crippen molar-refractivity contribution in [3.63, 3.8) is 0 Å². The van der Waals surface area contributed by atoms with Gasteiger partial charge in [0.25, 0.3) is 0 Å². The molecule has 16 heavy (non-hydrogen) atoms. The summed E-state index contributed by atoms with van der Waals surface area (Å²) in [5.41, 5.74) is 0. The lowest BCUT2D eigenvalue weighted by Gasteiger charge is -2.06. The summed E-state index contributed by atoms with van der Waals surface area (Å²) in [7, 11) is 0. The summed E-state index contributed by atoms with van der Waals surface area (Å²) in [6.45, 7) is 1.21. The molecule has 86 valence electrons. The molecule has 1 aliphatic heterocycles. The first-order valence-corrected chi connectivity index (χ1v) is 5.66. The minimum absolute atomic E-state index is 0.0573. The highest BCUT2D eigenvalue weighted by atomic mass is 16.4. The van der Waals surface area contributed by atoms with E-state index in [0.29, 0.717) is 18.4 Å². The molecule has 1 unspecified atom stereocenters. The first kappa shape index (κ1) is 9.77. The maximum absolute atomic E-state index is 11.3. The van der Waals surface area contributed by atoms with Crippen molar-refractivity contribution in [2.24, 2.45) is 0 Å². The molecule has 3 rings (SSSR count). The van der Waals surface area contributed by atoms with Gasteiger partial charge in [-0.2, -0.15) is 0 Å². The molecule has 1 saturated heterocycles. The zero-order valence-electron chi connectivity index (χ0n) is 8.90. The molecule has 0 spiro atoms. The van der Waals surface area contributed by atoms with Crippen LogP contribution < -0.4 is 10.6 Å². The fraction of sp³-hybridized carbons (Fsp3) is 0.700. The van der Waals surface area contributed by atoms with Crippen LogP contribution in [0.25, 0.3) is 0 Å². The van der Waals surface area contributed by atoms with E-state index < -0.39 is 0 Å². The smallest absolute Gasteiger partial charge is 0.237 e. The second-order valence-electron chi connectivity index (χ2n) is 4.32. The highest BCUT2D eigenvalue weighted by Crippen LogP contribution is 2.38. The molecule has 2 aliphatic rings. The van der Waals surface area contributed by atoms with Crippen LogP contribution in [0, 0.1) is 0 Å². The van der Waals surface area contributed by atoms with Gasteiger partial charge >= 0.3 is 0 Å². The molecule has 6 nitrogen and oxygen atoms in total. The molecule has 0 bridgehead atoms. The van der Waals surface area contributed by atoms with Gasteiger partial charge in [0, 0.05) is 12.5 Å². The van der Waals surface area contributed by atoms with Gasteiger partial charge in [-0.3, -0.25) is 10.1 Å². The quantitative estimate of drug-likeness (QED) is 0.745. The lowest BCUT2D eigenvalue weighted by atomic mass is 10.2. The maximum atomic E-state index is 11.3. The van der Waals surface area contributed by atoms with Gasteiger partial charge in [-0.15, -0.1) is 10.2 Å². The Kier molecular flexibility index (Phi) is 2.36. The number of nitrogens with one attached hydrogen (secondary N) is 2. The standard InChI is InChI=1S/C10H14N4O2/c15-9-7(3-4-11-9)12-5-8-13-14-10(16-8)6-1-2-6/h6-7,12H,1-5H2,(H,11,15). The third-order valence-corrected chi connectivity index (χ3v) is 2.96. The minimum Gasteiger partial charge on any atom is -0.424 e. The molecule has 6 heteroatoms. The fourth-order valence-corrected chi connectivity index (χ4v) is 1.83. The zero-order valence-corrected chi connectivity index (χ0v) is 8.90. The molecule has 2 fully saturated rings. The van der Waals surface area contributed by atoms with Gasteiger partial charge in [0.15, 0.2) is 0 Å². The first-order valence-electron chi connectivity index (χ1n) is 5.66. The fourth-order valence-electron chi connectivity index (χ4n) is 1.83. The number of carbonyl (C=O) groups excluding carboxylic acids is 1. The second-order valence-corrected chi connectivity index (χ2v) is 4.32. The van der Waals surface area contributed by atoms with Crippen LogP contribution in [0.2, 0.25) is 0 Å². The average Bonchev–Trinajstić information content (AvgIpc) is 2.89. The molecule has 0 radical (unpaired) electrons. The van der Waals surface area contributed by atoms with Crippen molar-refractivity contribution in [2.45, 2.75) is 37.8 Å². The maximum Gasteiger partial charge on any atom is 0.237 e. The van der Waals surface area contributed by atoms with E-state index in [2.05, 4.69) is 20.8 Å². The highest BCUT2D eigenvalue weighted by molar-refractivity contribution is 5.83. The van der Waals surface area contributed by atoms with Crippen LogP contribution in [0.1, 0.15) is 37.0 Å². The van der Waals surface area contributed by atoms with E-state index in [-0.39, 0.29) is 11.9 Å². The molecular formula is C10H14N4O2. The Balaban J connectivity index is 1.55. The molecule has 1 aromatic heterocycles. The van der Waals surface area contributed by atoms with Gasteiger partial charge in [0.1, 0.15) is 0 Å². The van der Waals surface area contributed by atoms with Crippen LogP contribution in [0.3, 0.4) is 0 Å². The molecule has 1 aliphatic carbocycles. The Morgan fingerprint density at radius 2 is 2.25 bits per heavy atom. The van der Waals surface area contributed by atoms with E-state index in [9.17, 15) is 4.79 Å². The van der Waals surface area contributed by atoms with Crippen LogP contribution in [0.15, 0.2) is 4.42 Å². The van der Waals surface area contributed by atoms with E-state index >= 15 is 0 Å². The van der Waals surface area contributed by atoms with Crippen molar-refractivity contribution in [3.8, 4) is 0 Å². The summed E-state index contributed by atoms with van der Waals surface area (Å²) in [4.78, 5) is 11.3.